The number of nitrogens with zero attached hydrogens (tertiary/aromatic N) is 5. The standard InChI is InChI=1S/C16H23N5O/c1-12-15(13(2)22-19-12)11-20(3)14-6-5-9-21(10-14)16-7-4-8-17-18-16/h4,7-8,14H,5-6,9-11H2,1-3H3. The number of hydrogen-bond donors (Lipinski definition) is 0. The Balaban J connectivity index is 1.67. The molecule has 22 heavy (non-hydrogen) atoms. The summed E-state index contributed by atoms with van der Waals surface area (Å²) in [5.74, 6) is 1.89. The van der Waals surface area contributed by atoms with E-state index in [0.717, 1.165) is 36.9 Å². The third kappa shape index (κ3) is 3.11. The number of likely N-dealkylation sites (N-methyl/N-ethyl adjacent to an activating group) is 1. The summed E-state index contributed by atoms with van der Waals surface area (Å²) in [6.45, 7) is 6.90. The molecule has 1 saturated heterocycles. The summed E-state index contributed by atoms with van der Waals surface area (Å²) in [6.07, 6.45) is 4.10. The first-order valence-electron chi connectivity index (χ1n) is 7.80. The summed E-state index contributed by atoms with van der Waals surface area (Å²) < 4.78 is 5.27. The van der Waals surface area contributed by atoms with Crippen LogP contribution in [0.3, 0.4) is 0 Å². The summed E-state index contributed by atoms with van der Waals surface area (Å²) in [4.78, 5) is 4.72. The fourth-order valence-corrected chi connectivity index (χ4v) is 3.09. The normalized spacial score (nSPS) is 18.9. The van der Waals surface area contributed by atoms with Crippen molar-refractivity contribution >= 4 is 5.82 Å². The lowest BCUT2D eigenvalue weighted by Gasteiger charge is -2.38. The van der Waals surface area contributed by atoms with Crippen LogP contribution in [0.1, 0.15) is 29.9 Å². The summed E-state index contributed by atoms with van der Waals surface area (Å²) in [5.41, 5.74) is 2.20. The van der Waals surface area contributed by atoms with Gasteiger partial charge in [-0.2, -0.15) is 5.10 Å². The van der Waals surface area contributed by atoms with E-state index in [-0.39, 0.29) is 0 Å². The van der Waals surface area contributed by atoms with Crippen LogP contribution in [0.2, 0.25) is 0 Å². The predicted octanol–water partition coefficient (Wildman–Crippen LogP) is 2.18. The zero-order valence-electron chi connectivity index (χ0n) is 13.5. The Hall–Kier alpha value is -1.95. The molecule has 6 heteroatoms. The Morgan fingerprint density at radius 2 is 2.27 bits per heavy atom. The van der Waals surface area contributed by atoms with Gasteiger partial charge in [0.2, 0.25) is 0 Å². The van der Waals surface area contributed by atoms with Crippen LogP contribution in [0.25, 0.3) is 0 Å². The smallest absolute Gasteiger partial charge is 0.151 e. The molecule has 6 nitrogen and oxygen atoms in total. The average molecular weight is 301 g/mol. The monoisotopic (exact) mass is 301 g/mol. The Bertz CT molecular complexity index is 593. The number of hydrogen-bond acceptors (Lipinski definition) is 6. The van der Waals surface area contributed by atoms with Crippen LogP contribution in [0.15, 0.2) is 22.9 Å². The molecule has 3 rings (SSSR count). The van der Waals surface area contributed by atoms with Crippen molar-refractivity contribution in [2.24, 2.45) is 0 Å². The van der Waals surface area contributed by atoms with Gasteiger partial charge < -0.3 is 9.42 Å². The largest absolute Gasteiger partial charge is 0.361 e. The highest BCUT2D eigenvalue weighted by atomic mass is 16.5. The van der Waals surface area contributed by atoms with E-state index < -0.39 is 0 Å². The number of anilines is 1. The Kier molecular flexibility index (Phi) is 4.38. The van der Waals surface area contributed by atoms with Gasteiger partial charge in [-0.15, -0.1) is 5.10 Å². The van der Waals surface area contributed by atoms with Crippen molar-refractivity contribution in [2.45, 2.75) is 39.3 Å². The van der Waals surface area contributed by atoms with E-state index in [2.05, 4.69) is 32.2 Å². The van der Waals surface area contributed by atoms with Gasteiger partial charge in [-0.05, 0) is 45.9 Å². The Morgan fingerprint density at radius 1 is 1.41 bits per heavy atom. The molecule has 1 aliphatic heterocycles. The molecular weight excluding hydrogens is 278 g/mol. The van der Waals surface area contributed by atoms with E-state index in [1.165, 1.54) is 18.4 Å². The van der Waals surface area contributed by atoms with E-state index in [1.54, 1.807) is 6.20 Å². The average Bonchev–Trinajstić information content (AvgIpc) is 2.88. The van der Waals surface area contributed by atoms with Gasteiger partial charge >= 0.3 is 0 Å². The second-order valence-electron chi connectivity index (χ2n) is 6.04. The summed E-state index contributed by atoms with van der Waals surface area (Å²) in [5, 5.41) is 12.3. The fraction of sp³-hybridized carbons (Fsp3) is 0.562. The number of piperidine rings is 1. The quantitative estimate of drug-likeness (QED) is 0.862. The van der Waals surface area contributed by atoms with Crippen molar-refractivity contribution in [3.8, 4) is 0 Å². The molecular formula is C16H23N5O. The van der Waals surface area contributed by atoms with Crippen LogP contribution in [0, 0.1) is 13.8 Å². The third-order valence-corrected chi connectivity index (χ3v) is 4.49. The van der Waals surface area contributed by atoms with Gasteiger partial charge in [0.15, 0.2) is 5.82 Å². The first-order chi connectivity index (χ1) is 10.6. The highest BCUT2D eigenvalue weighted by molar-refractivity contribution is 5.37. The molecule has 1 fully saturated rings. The van der Waals surface area contributed by atoms with Crippen LogP contribution in [-0.4, -0.2) is 46.4 Å². The number of aryl methyl sites for hydroxylation is 2. The van der Waals surface area contributed by atoms with Crippen molar-refractivity contribution in [3.63, 3.8) is 0 Å². The molecule has 118 valence electrons. The van der Waals surface area contributed by atoms with E-state index >= 15 is 0 Å². The number of aromatic nitrogens is 3. The molecule has 0 aliphatic carbocycles. The highest BCUT2D eigenvalue weighted by Gasteiger charge is 2.25. The molecule has 2 aromatic heterocycles. The lowest BCUT2D eigenvalue weighted by Crippen LogP contribution is -2.46. The van der Waals surface area contributed by atoms with Crippen LogP contribution >= 0.6 is 0 Å². The zero-order chi connectivity index (χ0) is 15.5. The molecule has 0 amide bonds. The fourth-order valence-electron chi connectivity index (χ4n) is 3.09. The first kappa shape index (κ1) is 15.0. The van der Waals surface area contributed by atoms with Gasteiger partial charge in [0.05, 0.1) is 5.69 Å². The molecule has 0 aromatic carbocycles. The minimum atomic E-state index is 0.504. The molecule has 2 aromatic rings. The topological polar surface area (TPSA) is 58.3 Å². The second-order valence-corrected chi connectivity index (χ2v) is 6.04. The molecule has 1 aliphatic rings. The second kappa shape index (κ2) is 6.44. The maximum absolute atomic E-state index is 5.27. The molecule has 0 N–H and O–H groups in total. The van der Waals surface area contributed by atoms with Gasteiger partial charge in [-0.3, -0.25) is 4.90 Å². The lowest BCUT2D eigenvalue weighted by molar-refractivity contribution is 0.206. The Morgan fingerprint density at radius 3 is 2.95 bits per heavy atom. The first-order valence-corrected chi connectivity index (χ1v) is 7.80. The minimum absolute atomic E-state index is 0.504. The molecule has 0 radical (unpaired) electrons. The molecule has 1 atom stereocenters. The van der Waals surface area contributed by atoms with E-state index in [1.807, 2.05) is 26.0 Å². The highest BCUT2D eigenvalue weighted by Crippen LogP contribution is 2.22. The zero-order valence-corrected chi connectivity index (χ0v) is 13.5. The number of rotatable bonds is 4. The molecule has 0 saturated carbocycles. The summed E-state index contributed by atoms with van der Waals surface area (Å²) in [6, 6.07) is 4.48. The van der Waals surface area contributed by atoms with Gasteiger partial charge in [-0.25, -0.2) is 0 Å². The van der Waals surface area contributed by atoms with Crippen molar-refractivity contribution in [2.75, 3.05) is 25.0 Å². The van der Waals surface area contributed by atoms with E-state index in [9.17, 15) is 0 Å². The predicted molar refractivity (Wildman–Crippen MR) is 84.7 cm³/mol. The maximum atomic E-state index is 5.27. The van der Waals surface area contributed by atoms with Crippen molar-refractivity contribution in [3.05, 3.63) is 35.3 Å². The van der Waals surface area contributed by atoms with Gasteiger partial charge in [0, 0.05) is 37.4 Å². The summed E-state index contributed by atoms with van der Waals surface area (Å²) in [7, 11) is 2.18. The third-order valence-electron chi connectivity index (χ3n) is 4.49. The van der Waals surface area contributed by atoms with Crippen LogP contribution in [-0.2, 0) is 6.54 Å². The SMILES string of the molecule is Cc1noc(C)c1CN(C)C1CCCN(c2cccnn2)C1. The van der Waals surface area contributed by atoms with Crippen LogP contribution in [0.5, 0.6) is 0 Å². The molecule has 0 spiro atoms. The summed E-state index contributed by atoms with van der Waals surface area (Å²) >= 11 is 0. The van der Waals surface area contributed by atoms with E-state index in [0.29, 0.717) is 6.04 Å². The van der Waals surface area contributed by atoms with Gasteiger partial charge in [0.25, 0.3) is 0 Å². The molecule has 1 unspecified atom stereocenters. The van der Waals surface area contributed by atoms with Gasteiger partial charge in [-0.1, -0.05) is 5.16 Å². The Labute approximate surface area is 131 Å². The van der Waals surface area contributed by atoms with Crippen LogP contribution in [0.4, 0.5) is 5.82 Å². The molecule has 0 bridgehead atoms. The maximum Gasteiger partial charge on any atom is 0.151 e. The van der Waals surface area contributed by atoms with Crippen molar-refractivity contribution < 1.29 is 4.52 Å². The van der Waals surface area contributed by atoms with Crippen LogP contribution < -0.4 is 4.90 Å². The van der Waals surface area contributed by atoms with Gasteiger partial charge in [0.1, 0.15) is 5.76 Å². The van der Waals surface area contributed by atoms with E-state index in [4.69, 9.17) is 4.52 Å². The van der Waals surface area contributed by atoms with Crippen molar-refractivity contribution in [1.29, 1.82) is 0 Å². The van der Waals surface area contributed by atoms with Crippen molar-refractivity contribution in [1.82, 2.24) is 20.3 Å². The lowest BCUT2D eigenvalue weighted by atomic mass is 10.0. The molecule has 3 heterocycles. The minimum Gasteiger partial charge on any atom is -0.361 e.